The van der Waals surface area contributed by atoms with Crippen LogP contribution in [-0.4, -0.2) is 48.5 Å². The van der Waals surface area contributed by atoms with Gasteiger partial charge in [-0.1, -0.05) is 59.1 Å². The number of amides is 1. The van der Waals surface area contributed by atoms with E-state index in [1.807, 2.05) is 35.2 Å². The number of carbonyl (C=O) groups is 1. The maximum atomic E-state index is 13.6. The van der Waals surface area contributed by atoms with Crippen LogP contribution in [0.4, 0.5) is 24.5 Å². The van der Waals surface area contributed by atoms with Gasteiger partial charge in [0.1, 0.15) is 5.15 Å². The minimum Gasteiger partial charge on any atom is -0.367 e. The maximum absolute atomic E-state index is 13.6. The van der Waals surface area contributed by atoms with Gasteiger partial charge in [0.2, 0.25) is 0 Å². The zero-order chi connectivity index (χ0) is 26.6. The molecule has 5 nitrogen and oxygen atoms in total. The van der Waals surface area contributed by atoms with Crippen molar-refractivity contribution in [2.24, 2.45) is 0 Å². The molecule has 1 aliphatic heterocycles. The van der Waals surface area contributed by atoms with Gasteiger partial charge < -0.3 is 10.2 Å². The van der Waals surface area contributed by atoms with Crippen molar-refractivity contribution < 1.29 is 18.0 Å². The monoisotopic (exact) mass is 568 g/mol. The van der Waals surface area contributed by atoms with Crippen molar-refractivity contribution >= 4 is 58.2 Å². The summed E-state index contributed by atoms with van der Waals surface area (Å²) in [5.41, 5.74) is 0.630. The Balaban J connectivity index is 1.49. The SMILES string of the molecule is O=C(Nc1cc(C(F)(F)F)c(Cl)cc1N1CCN(CC=Cc2ccc(Cl)cc2)CC1)c1ccnc(Cl)c1. The summed E-state index contributed by atoms with van der Waals surface area (Å²) < 4.78 is 40.7. The third kappa shape index (κ3) is 7.17. The van der Waals surface area contributed by atoms with Crippen LogP contribution in [0.25, 0.3) is 6.08 Å². The first-order valence-corrected chi connectivity index (χ1v) is 12.5. The van der Waals surface area contributed by atoms with E-state index in [0.717, 1.165) is 18.2 Å². The summed E-state index contributed by atoms with van der Waals surface area (Å²) in [6.45, 7) is 3.16. The Kier molecular flexibility index (Phi) is 8.64. The summed E-state index contributed by atoms with van der Waals surface area (Å²) in [6, 6.07) is 12.4. The molecule has 194 valence electrons. The third-order valence-corrected chi connectivity index (χ3v) is 6.66. The van der Waals surface area contributed by atoms with Crippen LogP contribution in [0.5, 0.6) is 0 Å². The van der Waals surface area contributed by atoms with E-state index in [0.29, 0.717) is 36.9 Å². The summed E-state index contributed by atoms with van der Waals surface area (Å²) in [5.74, 6) is -0.605. The Bertz CT molecular complexity index is 1290. The molecule has 0 saturated carbocycles. The summed E-state index contributed by atoms with van der Waals surface area (Å²) in [4.78, 5) is 20.8. The standard InChI is InChI=1S/C26H22Cl3F3N4O/c27-19-5-3-17(4-6-19)2-1-9-35-10-12-36(13-11-35)23-16-21(28)20(26(30,31)32)15-22(23)34-25(37)18-7-8-33-24(29)14-18/h1-8,14-16H,9-13H2,(H,34,37). The Morgan fingerprint density at radius 2 is 1.70 bits per heavy atom. The molecular weight excluding hydrogens is 548 g/mol. The van der Waals surface area contributed by atoms with Crippen molar-refractivity contribution in [2.75, 3.05) is 42.9 Å². The third-order valence-electron chi connectivity index (χ3n) is 5.88. The molecule has 37 heavy (non-hydrogen) atoms. The van der Waals surface area contributed by atoms with Crippen LogP contribution in [0, 0.1) is 0 Å². The van der Waals surface area contributed by atoms with E-state index >= 15 is 0 Å². The van der Waals surface area contributed by atoms with Crippen molar-refractivity contribution in [3.63, 3.8) is 0 Å². The average Bonchev–Trinajstić information content (AvgIpc) is 2.86. The van der Waals surface area contributed by atoms with Gasteiger partial charge in [0, 0.05) is 49.5 Å². The zero-order valence-electron chi connectivity index (χ0n) is 19.4. The highest BCUT2D eigenvalue weighted by Crippen LogP contribution is 2.41. The molecule has 2 heterocycles. The minimum absolute atomic E-state index is 0.0192. The average molecular weight is 570 g/mol. The maximum Gasteiger partial charge on any atom is 0.417 e. The Morgan fingerprint density at radius 1 is 1.00 bits per heavy atom. The number of anilines is 2. The van der Waals surface area contributed by atoms with Crippen LogP contribution in [0.2, 0.25) is 15.2 Å². The molecule has 4 rings (SSSR count). The molecule has 0 unspecified atom stereocenters. The lowest BCUT2D eigenvalue weighted by atomic mass is 10.1. The van der Waals surface area contributed by atoms with Gasteiger partial charge in [0.25, 0.3) is 5.91 Å². The van der Waals surface area contributed by atoms with Crippen molar-refractivity contribution in [1.82, 2.24) is 9.88 Å². The fourth-order valence-corrected chi connectivity index (χ4v) is 4.53. The zero-order valence-corrected chi connectivity index (χ0v) is 21.7. The molecule has 1 fully saturated rings. The normalized spacial score (nSPS) is 14.8. The smallest absolute Gasteiger partial charge is 0.367 e. The Morgan fingerprint density at radius 3 is 2.35 bits per heavy atom. The number of carbonyl (C=O) groups excluding carboxylic acids is 1. The Hall–Kier alpha value is -2.78. The largest absolute Gasteiger partial charge is 0.417 e. The van der Waals surface area contributed by atoms with Gasteiger partial charge in [0.05, 0.1) is 22.0 Å². The number of alkyl halides is 3. The molecule has 1 aromatic heterocycles. The van der Waals surface area contributed by atoms with Gasteiger partial charge in [-0.15, -0.1) is 0 Å². The van der Waals surface area contributed by atoms with Crippen LogP contribution >= 0.6 is 34.8 Å². The lowest BCUT2D eigenvalue weighted by molar-refractivity contribution is -0.137. The van der Waals surface area contributed by atoms with E-state index < -0.39 is 22.7 Å². The van der Waals surface area contributed by atoms with Crippen molar-refractivity contribution in [1.29, 1.82) is 0 Å². The molecule has 0 bridgehead atoms. The number of halogens is 6. The predicted molar refractivity (Wildman–Crippen MR) is 143 cm³/mol. The molecule has 0 radical (unpaired) electrons. The Labute approximate surface area is 227 Å². The molecule has 0 atom stereocenters. The number of piperazine rings is 1. The number of benzene rings is 2. The second kappa shape index (κ2) is 11.7. The fourth-order valence-electron chi connectivity index (χ4n) is 3.96. The van der Waals surface area contributed by atoms with Gasteiger partial charge in [-0.3, -0.25) is 9.69 Å². The van der Waals surface area contributed by atoms with E-state index in [-0.39, 0.29) is 16.4 Å². The van der Waals surface area contributed by atoms with Crippen molar-refractivity contribution in [2.45, 2.75) is 6.18 Å². The van der Waals surface area contributed by atoms with E-state index in [1.165, 1.54) is 24.4 Å². The molecule has 0 spiro atoms. The molecular formula is C26H22Cl3F3N4O. The van der Waals surface area contributed by atoms with Gasteiger partial charge in [-0.05, 0) is 42.0 Å². The van der Waals surface area contributed by atoms with Crippen LogP contribution < -0.4 is 10.2 Å². The summed E-state index contributed by atoms with van der Waals surface area (Å²) in [7, 11) is 0. The number of hydrogen-bond acceptors (Lipinski definition) is 4. The van der Waals surface area contributed by atoms with E-state index in [4.69, 9.17) is 34.8 Å². The van der Waals surface area contributed by atoms with Crippen LogP contribution in [-0.2, 0) is 6.18 Å². The first-order chi connectivity index (χ1) is 17.6. The lowest BCUT2D eigenvalue weighted by Gasteiger charge is -2.36. The highest BCUT2D eigenvalue weighted by Gasteiger charge is 2.35. The van der Waals surface area contributed by atoms with E-state index in [1.54, 1.807) is 0 Å². The number of nitrogens with one attached hydrogen (secondary N) is 1. The summed E-state index contributed by atoms with van der Waals surface area (Å²) >= 11 is 17.8. The number of nitrogens with zero attached hydrogens (tertiary/aromatic N) is 3. The number of pyridine rings is 1. The summed E-state index contributed by atoms with van der Waals surface area (Å²) in [6.07, 6.45) is 0.739. The number of aromatic nitrogens is 1. The van der Waals surface area contributed by atoms with Gasteiger partial charge in [-0.2, -0.15) is 13.2 Å². The van der Waals surface area contributed by atoms with Crippen LogP contribution in [0.1, 0.15) is 21.5 Å². The molecule has 0 aliphatic carbocycles. The first kappa shape index (κ1) is 27.3. The molecule has 1 amide bonds. The van der Waals surface area contributed by atoms with Gasteiger partial charge in [0.15, 0.2) is 0 Å². The highest BCUT2D eigenvalue weighted by molar-refractivity contribution is 6.32. The quantitative estimate of drug-likeness (QED) is 0.320. The number of hydrogen-bond donors (Lipinski definition) is 1. The predicted octanol–water partition coefficient (Wildman–Crippen LogP) is 7.15. The second-order valence-electron chi connectivity index (χ2n) is 8.41. The first-order valence-electron chi connectivity index (χ1n) is 11.3. The molecule has 1 aliphatic rings. The summed E-state index contributed by atoms with van der Waals surface area (Å²) in [5, 5.41) is 2.94. The lowest BCUT2D eigenvalue weighted by Crippen LogP contribution is -2.46. The number of rotatable bonds is 6. The minimum atomic E-state index is -4.68. The van der Waals surface area contributed by atoms with E-state index in [2.05, 4.69) is 21.3 Å². The van der Waals surface area contributed by atoms with Crippen LogP contribution in [0.3, 0.4) is 0 Å². The fraction of sp³-hybridized carbons (Fsp3) is 0.231. The van der Waals surface area contributed by atoms with Crippen LogP contribution in [0.15, 0.2) is 60.8 Å². The highest BCUT2D eigenvalue weighted by atomic mass is 35.5. The second-order valence-corrected chi connectivity index (χ2v) is 9.64. The van der Waals surface area contributed by atoms with Gasteiger partial charge in [-0.25, -0.2) is 4.98 Å². The molecule has 2 aromatic carbocycles. The van der Waals surface area contributed by atoms with Gasteiger partial charge >= 0.3 is 6.18 Å². The molecule has 1 saturated heterocycles. The molecule has 1 N–H and O–H groups in total. The molecule has 3 aromatic rings. The topological polar surface area (TPSA) is 48.5 Å². The van der Waals surface area contributed by atoms with Crippen molar-refractivity contribution in [3.8, 4) is 0 Å². The van der Waals surface area contributed by atoms with Crippen molar-refractivity contribution in [3.05, 3.63) is 92.7 Å². The van der Waals surface area contributed by atoms with E-state index in [9.17, 15) is 18.0 Å². The molecule has 11 heteroatoms.